The van der Waals surface area contributed by atoms with Gasteiger partial charge in [-0.2, -0.15) is 0 Å². The van der Waals surface area contributed by atoms with E-state index in [0.717, 1.165) is 39.1 Å². The summed E-state index contributed by atoms with van der Waals surface area (Å²) in [6, 6.07) is -0.0307. The Balaban J connectivity index is 1.87. The van der Waals surface area contributed by atoms with E-state index >= 15 is 0 Å². The quantitative estimate of drug-likeness (QED) is 0.595. The van der Waals surface area contributed by atoms with Gasteiger partial charge < -0.3 is 15.4 Å². The van der Waals surface area contributed by atoms with E-state index in [1.807, 2.05) is 0 Å². The molecule has 2 N–H and O–H groups in total. The van der Waals surface area contributed by atoms with Crippen molar-refractivity contribution in [3.63, 3.8) is 0 Å². The highest BCUT2D eigenvalue weighted by Gasteiger charge is 2.30. The van der Waals surface area contributed by atoms with Gasteiger partial charge in [0, 0.05) is 26.2 Å². The third kappa shape index (κ3) is 2.07. The molecule has 2 aliphatic heterocycles. The molecule has 0 spiro atoms. The summed E-state index contributed by atoms with van der Waals surface area (Å²) >= 11 is 0. The van der Waals surface area contributed by atoms with Crippen molar-refractivity contribution >= 4 is 5.78 Å². The number of Topliss-reactive ketones (excluding diaryl/α,β-unsaturated/α-hetero) is 1. The van der Waals surface area contributed by atoms with Crippen molar-refractivity contribution in [2.24, 2.45) is 0 Å². The van der Waals surface area contributed by atoms with E-state index < -0.39 is 0 Å². The van der Waals surface area contributed by atoms with E-state index in [-0.39, 0.29) is 17.9 Å². The van der Waals surface area contributed by atoms with Crippen LogP contribution in [0.2, 0.25) is 0 Å². The summed E-state index contributed by atoms with van der Waals surface area (Å²) in [6.45, 7) is 3.33. The largest absolute Gasteiger partial charge is 0.370 e. The average molecular weight is 184 g/mol. The van der Waals surface area contributed by atoms with Crippen molar-refractivity contribution in [2.45, 2.75) is 25.0 Å². The summed E-state index contributed by atoms with van der Waals surface area (Å²) < 4.78 is 5.35. The SMILES string of the molecule is O=C(C1CNCCN1)C1CCCO1. The molecule has 4 heteroatoms. The molecule has 0 bridgehead atoms. The summed E-state index contributed by atoms with van der Waals surface area (Å²) in [5.74, 6) is 0.227. The molecular formula is C9H16N2O2. The van der Waals surface area contributed by atoms with E-state index in [1.165, 1.54) is 0 Å². The molecule has 4 nitrogen and oxygen atoms in total. The Morgan fingerprint density at radius 3 is 2.92 bits per heavy atom. The second kappa shape index (κ2) is 4.17. The number of rotatable bonds is 2. The van der Waals surface area contributed by atoms with Crippen molar-refractivity contribution < 1.29 is 9.53 Å². The highest BCUT2D eigenvalue weighted by atomic mass is 16.5. The van der Waals surface area contributed by atoms with Crippen LogP contribution in [0.3, 0.4) is 0 Å². The Bertz CT molecular complexity index is 184. The van der Waals surface area contributed by atoms with E-state index in [2.05, 4.69) is 10.6 Å². The maximum Gasteiger partial charge on any atom is 0.179 e. The number of hydrogen-bond donors (Lipinski definition) is 2. The van der Waals surface area contributed by atoms with Crippen LogP contribution in [0.5, 0.6) is 0 Å². The molecule has 0 radical (unpaired) electrons. The number of carbonyl (C=O) groups excluding carboxylic acids is 1. The molecular weight excluding hydrogens is 168 g/mol. The van der Waals surface area contributed by atoms with Gasteiger partial charge in [-0.15, -0.1) is 0 Å². The third-order valence-corrected chi connectivity index (χ3v) is 2.63. The molecule has 13 heavy (non-hydrogen) atoms. The molecule has 2 saturated heterocycles. The van der Waals surface area contributed by atoms with Gasteiger partial charge in [0.2, 0.25) is 0 Å². The number of ether oxygens (including phenoxy) is 1. The van der Waals surface area contributed by atoms with Gasteiger partial charge in [-0.25, -0.2) is 0 Å². The average Bonchev–Trinajstić information content (AvgIpc) is 2.71. The fraction of sp³-hybridized carbons (Fsp3) is 0.889. The number of carbonyl (C=O) groups is 1. The molecule has 2 aliphatic rings. The predicted octanol–water partition coefficient (Wildman–Crippen LogP) is -0.704. The number of piperazine rings is 1. The number of nitrogens with one attached hydrogen (secondary N) is 2. The van der Waals surface area contributed by atoms with Gasteiger partial charge in [-0.1, -0.05) is 0 Å². The van der Waals surface area contributed by atoms with Crippen LogP contribution >= 0.6 is 0 Å². The second-order valence-electron chi connectivity index (χ2n) is 3.61. The van der Waals surface area contributed by atoms with E-state index in [9.17, 15) is 4.79 Å². The summed E-state index contributed by atoms with van der Waals surface area (Å²) in [6.07, 6.45) is 1.78. The summed E-state index contributed by atoms with van der Waals surface area (Å²) in [7, 11) is 0. The zero-order valence-corrected chi connectivity index (χ0v) is 7.71. The molecule has 0 amide bonds. The first-order valence-corrected chi connectivity index (χ1v) is 4.97. The lowest BCUT2D eigenvalue weighted by atomic mass is 10.0. The standard InChI is InChI=1S/C9H16N2O2/c12-9(8-2-1-5-13-8)7-6-10-3-4-11-7/h7-8,10-11H,1-6H2. The third-order valence-electron chi connectivity index (χ3n) is 2.63. The maximum absolute atomic E-state index is 11.8. The lowest BCUT2D eigenvalue weighted by Crippen LogP contribution is -2.54. The molecule has 0 aliphatic carbocycles. The van der Waals surface area contributed by atoms with E-state index in [0.29, 0.717) is 0 Å². The molecule has 0 aromatic rings. The maximum atomic E-state index is 11.8. The molecule has 2 unspecified atom stereocenters. The summed E-state index contributed by atoms with van der Waals surface area (Å²) in [5.41, 5.74) is 0. The first kappa shape index (κ1) is 9.12. The van der Waals surface area contributed by atoms with Crippen molar-refractivity contribution in [1.82, 2.24) is 10.6 Å². The number of hydrogen-bond acceptors (Lipinski definition) is 4. The van der Waals surface area contributed by atoms with Gasteiger partial charge in [0.05, 0.1) is 6.04 Å². The normalized spacial score (nSPS) is 34.8. The minimum atomic E-state index is -0.141. The van der Waals surface area contributed by atoms with E-state index in [4.69, 9.17) is 4.74 Å². The molecule has 0 aromatic heterocycles. The zero-order valence-electron chi connectivity index (χ0n) is 7.71. The monoisotopic (exact) mass is 184 g/mol. The van der Waals surface area contributed by atoms with Crippen LogP contribution in [-0.4, -0.2) is 44.2 Å². The van der Waals surface area contributed by atoms with Crippen molar-refractivity contribution in [3.05, 3.63) is 0 Å². The smallest absolute Gasteiger partial charge is 0.179 e. The van der Waals surface area contributed by atoms with Gasteiger partial charge in [0.15, 0.2) is 5.78 Å². The van der Waals surface area contributed by atoms with Crippen molar-refractivity contribution in [3.8, 4) is 0 Å². The second-order valence-corrected chi connectivity index (χ2v) is 3.61. The fourth-order valence-corrected chi connectivity index (χ4v) is 1.88. The topological polar surface area (TPSA) is 50.4 Å². The first-order chi connectivity index (χ1) is 6.38. The van der Waals surface area contributed by atoms with Crippen LogP contribution in [0.1, 0.15) is 12.8 Å². The molecule has 2 fully saturated rings. The summed E-state index contributed by atoms with van der Waals surface area (Å²) in [4.78, 5) is 11.8. The highest BCUT2D eigenvalue weighted by Crippen LogP contribution is 2.14. The predicted molar refractivity (Wildman–Crippen MR) is 48.6 cm³/mol. The molecule has 2 rings (SSSR count). The van der Waals surface area contributed by atoms with Gasteiger partial charge >= 0.3 is 0 Å². The Kier molecular flexibility index (Phi) is 2.93. The molecule has 0 saturated carbocycles. The number of ketones is 1. The van der Waals surface area contributed by atoms with Gasteiger partial charge in [-0.05, 0) is 12.8 Å². The minimum Gasteiger partial charge on any atom is -0.370 e. The highest BCUT2D eigenvalue weighted by molar-refractivity contribution is 5.88. The lowest BCUT2D eigenvalue weighted by Gasteiger charge is -2.25. The Labute approximate surface area is 78.0 Å². The van der Waals surface area contributed by atoms with Crippen LogP contribution in [-0.2, 0) is 9.53 Å². The Hall–Kier alpha value is -0.450. The van der Waals surface area contributed by atoms with Gasteiger partial charge in [-0.3, -0.25) is 4.79 Å². The van der Waals surface area contributed by atoms with E-state index in [1.54, 1.807) is 0 Å². The van der Waals surface area contributed by atoms with Crippen molar-refractivity contribution in [1.29, 1.82) is 0 Å². The lowest BCUT2D eigenvalue weighted by molar-refractivity contribution is -0.130. The molecule has 2 heterocycles. The van der Waals surface area contributed by atoms with Crippen molar-refractivity contribution in [2.75, 3.05) is 26.2 Å². The Morgan fingerprint density at radius 2 is 2.31 bits per heavy atom. The van der Waals surface area contributed by atoms with Crippen LogP contribution in [0.25, 0.3) is 0 Å². The molecule has 0 aromatic carbocycles. The van der Waals surface area contributed by atoms with Gasteiger partial charge in [0.1, 0.15) is 6.10 Å². The zero-order chi connectivity index (χ0) is 9.10. The van der Waals surface area contributed by atoms with Crippen LogP contribution in [0.4, 0.5) is 0 Å². The summed E-state index contributed by atoms with van der Waals surface area (Å²) in [5, 5.41) is 6.40. The Morgan fingerprint density at radius 1 is 1.38 bits per heavy atom. The van der Waals surface area contributed by atoms with Crippen LogP contribution in [0.15, 0.2) is 0 Å². The molecule has 2 atom stereocenters. The van der Waals surface area contributed by atoms with Gasteiger partial charge in [0.25, 0.3) is 0 Å². The fourth-order valence-electron chi connectivity index (χ4n) is 1.88. The minimum absolute atomic E-state index is 0.0307. The first-order valence-electron chi connectivity index (χ1n) is 4.97. The van der Waals surface area contributed by atoms with Crippen LogP contribution in [0, 0.1) is 0 Å². The molecule has 74 valence electrons. The van der Waals surface area contributed by atoms with Crippen LogP contribution < -0.4 is 10.6 Å².